The van der Waals surface area contributed by atoms with Gasteiger partial charge in [-0.05, 0) is 72.9 Å². The number of urea groups is 1. The molecule has 0 bridgehead atoms. The molecule has 7 nitrogen and oxygen atoms in total. The second-order valence-corrected chi connectivity index (χ2v) is 10.0. The molecule has 1 spiro atoms. The summed E-state index contributed by atoms with van der Waals surface area (Å²) in [5, 5.41) is 6.54. The van der Waals surface area contributed by atoms with Gasteiger partial charge in [0.1, 0.15) is 17.1 Å². The van der Waals surface area contributed by atoms with E-state index >= 15 is 0 Å². The number of benzene rings is 3. The van der Waals surface area contributed by atoms with E-state index < -0.39 is 17.5 Å². The molecule has 0 radical (unpaired) electrons. The fourth-order valence-corrected chi connectivity index (χ4v) is 6.00. The van der Waals surface area contributed by atoms with Crippen molar-refractivity contribution in [2.24, 2.45) is 0 Å². The molecule has 4 amide bonds. The summed E-state index contributed by atoms with van der Waals surface area (Å²) < 4.78 is 1.13. The lowest BCUT2D eigenvalue weighted by Crippen LogP contribution is -2.42. The van der Waals surface area contributed by atoms with Crippen LogP contribution in [0.5, 0.6) is 0 Å². The number of nitrogens with zero attached hydrogens (tertiary/aromatic N) is 2. The van der Waals surface area contributed by atoms with Gasteiger partial charge in [-0.25, -0.2) is 9.78 Å². The molecule has 35 heavy (non-hydrogen) atoms. The summed E-state index contributed by atoms with van der Waals surface area (Å²) in [4.78, 5) is 44.3. The molecule has 0 unspecified atom stereocenters. The van der Waals surface area contributed by atoms with Crippen molar-refractivity contribution >= 4 is 45.1 Å². The van der Waals surface area contributed by atoms with E-state index in [2.05, 4.69) is 23.6 Å². The number of hydrogen-bond donors (Lipinski definition) is 2. The molecule has 1 aliphatic carbocycles. The zero-order valence-electron chi connectivity index (χ0n) is 19.0. The Kier molecular flexibility index (Phi) is 4.93. The van der Waals surface area contributed by atoms with Crippen LogP contribution in [0.2, 0.25) is 0 Å². The molecule has 4 aromatic rings. The van der Waals surface area contributed by atoms with Gasteiger partial charge in [0, 0.05) is 11.3 Å². The van der Waals surface area contributed by atoms with E-state index in [9.17, 15) is 14.4 Å². The molecule has 2 N–H and O–H groups in total. The Morgan fingerprint density at radius 1 is 1.11 bits per heavy atom. The number of thiazole rings is 1. The summed E-state index contributed by atoms with van der Waals surface area (Å²) in [6, 6.07) is 20.7. The quantitative estimate of drug-likeness (QED) is 0.416. The molecule has 2 aliphatic rings. The fraction of sp³-hybridized carbons (Fsp3) is 0.185. The Morgan fingerprint density at radius 2 is 1.91 bits per heavy atom. The van der Waals surface area contributed by atoms with Crippen LogP contribution in [-0.4, -0.2) is 34.3 Å². The van der Waals surface area contributed by atoms with Crippen LogP contribution in [0, 0.1) is 6.92 Å². The van der Waals surface area contributed by atoms with Crippen molar-refractivity contribution in [2.45, 2.75) is 25.3 Å². The zero-order valence-corrected chi connectivity index (χ0v) is 19.8. The first-order chi connectivity index (χ1) is 16.9. The molecule has 174 valence electrons. The average Bonchev–Trinajstić information content (AvgIpc) is 3.51. The molecule has 1 fully saturated rings. The summed E-state index contributed by atoms with van der Waals surface area (Å²) in [6.45, 7) is 1.72. The number of hydrogen-bond acceptors (Lipinski definition) is 5. The first-order valence-electron chi connectivity index (χ1n) is 11.4. The van der Waals surface area contributed by atoms with E-state index in [4.69, 9.17) is 4.98 Å². The fourth-order valence-electron chi connectivity index (χ4n) is 4.93. The van der Waals surface area contributed by atoms with E-state index in [-0.39, 0.29) is 12.5 Å². The summed E-state index contributed by atoms with van der Waals surface area (Å²) >= 11 is 1.62. The molecule has 1 atom stereocenters. The molecule has 3 aromatic carbocycles. The van der Waals surface area contributed by atoms with Gasteiger partial charge >= 0.3 is 6.03 Å². The smallest absolute Gasteiger partial charge is 0.325 e. The second-order valence-electron chi connectivity index (χ2n) is 9.00. The van der Waals surface area contributed by atoms with E-state index in [1.54, 1.807) is 23.5 Å². The molecule has 6 rings (SSSR count). The van der Waals surface area contributed by atoms with Crippen LogP contribution in [0.3, 0.4) is 0 Å². The summed E-state index contributed by atoms with van der Waals surface area (Å²) in [5.74, 6) is -0.802. The highest BCUT2D eigenvalue weighted by molar-refractivity contribution is 7.21. The van der Waals surface area contributed by atoms with Gasteiger partial charge in [-0.2, -0.15) is 0 Å². The Morgan fingerprint density at radius 3 is 2.74 bits per heavy atom. The number of anilines is 1. The van der Waals surface area contributed by atoms with E-state index in [1.165, 1.54) is 5.56 Å². The van der Waals surface area contributed by atoms with Crippen LogP contribution in [0.25, 0.3) is 20.8 Å². The minimum Gasteiger partial charge on any atom is -0.325 e. The maximum atomic E-state index is 13.2. The monoisotopic (exact) mass is 482 g/mol. The number of carbonyl (C=O) groups is 3. The number of aryl methyl sites for hydroxylation is 2. The summed E-state index contributed by atoms with van der Waals surface area (Å²) in [6.07, 6.45) is 1.21. The topological polar surface area (TPSA) is 91.4 Å². The normalized spacial score (nSPS) is 18.8. The van der Waals surface area contributed by atoms with Gasteiger partial charge in [0.15, 0.2) is 0 Å². The van der Waals surface area contributed by atoms with Crippen molar-refractivity contribution < 1.29 is 14.4 Å². The molecule has 1 aromatic heterocycles. The molecular weight excluding hydrogens is 460 g/mol. The van der Waals surface area contributed by atoms with Gasteiger partial charge in [-0.15, -0.1) is 11.3 Å². The molecule has 8 heteroatoms. The number of aromatic nitrogens is 1. The lowest BCUT2D eigenvalue weighted by molar-refractivity contribution is -0.134. The third-order valence-electron chi connectivity index (χ3n) is 6.68. The van der Waals surface area contributed by atoms with Crippen LogP contribution < -0.4 is 10.6 Å². The first-order valence-corrected chi connectivity index (χ1v) is 12.2. The molecule has 0 saturated carbocycles. The Labute approximate surface area is 205 Å². The maximum absolute atomic E-state index is 13.2. The standard InChI is InChI=1S/C27H22N4O3S/c1-16-6-11-21-22(14-16)35-24(29-21)18-7-9-19(10-8-18)28-23(32)15-31-25(33)27(30-26(31)34)13-12-17-4-2-3-5-20(17)27/h2-11,14H,12-13,15H2,1H3,(H,28,32)(H,30,34)/t27-/m1/s1. The number of amides is 4. The lowest BCUT2D eigenvalue weighted by atomic mass is 9.92. The molecule has 2 heterocycles. The molecule has 1 saturated heterocycles. The highest BCUT2D eigenvalue weighted by Gasteiger charge is 2.55. The number of rotatable bonds is 4. The highest BCUT2D eigenvalue weighted by Crippen LogP contribution is 2.41. The number of fused-ring (bicyclic) bond motifs is 3. The van der Waals surface area contributed by atoms with Crippen LogP contribution in [-0.2, 0) is 21.5 Å². The van der Waals surface area contributed by atoms with Crippen LogP contribution in [0.15, 0.2) is 66.7 Å². The van der Waals surface area contributed by atoms with Gasteiger partial charge in [0.2, 0.25) is 5.91 Å². The van der Waals surface area contributed by atoms with E-state index in [1.807, 2.05) is 48.5 Å². The minimum atomic E-state index is -1.06. The SMILES string of the molecule is Cc1ccc2nc(-c3ccc(NC(=O)CN4C(=O)N[C@@]5(CCc6ccccc65)C4=O)cc3)sc2c1. The summed E-state index contributed by atoms with van der Waals surface area (Å²) in [7, 11) is 0. The first kappa shape index (κ1) is 21.5. The second kappa shape index (κ2) is 8.02. The third kappa shape index (κ3) is 3.57. The average molecular weight is 483 g/mol. The Balaban J connectivity index is 1.15. The van der Waals surface area contributed by atoms with Gasteiger partial charge in [-0.1, -0.05) is 30.3 Å². The number of carbonyl (C=O) groups excluding carboxylic acids is 3. The van der Waals surface area contributed by atoms with Crippen molar-refractivity contribution in [1.29, 1.82) is 0 Å². The lowest BCUT2D eigenvalue weighted by Gasteiger charge is -2.22. The van der Waals surface area contributed by atoms with Gasteiger partial charge < -0.3 is 10.6 Å². The Hall–Kier alpha value is -4.04. The molecular formula is C27H22N4O3S. The zero-order chi connectivity index (χ0) is 24.2. The van der Waals surface area contributed by atoms with Gasteiger partial charge in [0.05, 0.1) is 10.2 Å². The Bertz CT molecular complexity index is 1510. The summed E-state index contributed by atoms with van der Waals surface area (Å²) in [5.41, 5.74) is 4.51. The largest absolute Gasteiger partial charge is 0.325 e. The molecule has 1 aliphatic heterocycles. The van der Waals surface area contributed by atoms with Crippen molar-refractivity contribution in [1.82, 2.24) is 15.2 Å². The van der Waals surface area contributed by atoms with E-state index in [0.29, 0.717) is 18.5 Å². The predicted molar refractivity (Wildman–Crippen MR) is 135 cm³/mol. The van der Waals surface area contributed by atoms with Crippen molar-refractivity contribution in [2.75, 3.05) is 11.9 Å². The predicted octanol–water partition coefficient (Wildman–Crippen LogP) is 4.60. The number of imide groups is 1. The van der Waals surface area contributed by atoms with Gasteiger partial charge in [0.25, 0.3) is 5.91 Å². The minimum absolute atomic E-state index is 0.340. The van der Waals surface area contributed by atoms with Crippen LogP contribution in [0.4, 0.5) is 10.5 Å². The third-order valence-corrected chi connectivity index (χ3v) is 7.75. The van der Waals surface area contributed by atoms with E-state index in [0.717, 1.165) is 36.8 Å². The van der Waals surface area contributed by atoms with Crippen molar-refractivity contribution in [3.05, 3.63) is 83.4 Å². The van der Waals surface area contributed by atoms with Crippen LogP contribution in [0.1, 0.15) is 23.1 Å². The van der Waals surface area contributed by atoms with Gasteiger partial charge in [-0.3, -0.25) is 14.5 Å². The van der Waals surface area contributed by atoms with Crippen LogP contribution >= 0.6 is 11.3 Å². The van der Waals surface area contributed by atoms with Crippen molar-refractivity contribution in [3.8, 4) is 10.6 Å². The number of nitrogens with one attached hydrogen (secondary N) is 2. The van der Waals surface area contributed by atoms with Crippen molar-refractivity contribution in [3.63, 3.8) is 0 Å². The maximum Gasteiger partial charge on any atom is 0.325 e. The highest BCUT2D eigenvalue weighted by atomic mass is 32.1.